The Kier molecular flexibility index (Phi) is 11.2. The minimum atomic E-state index is 0.0596. The van der Waals surface area contributed by atoms with E-state index in [9.17, 15) is 10.2 Å². The molecule has 0 atom stereocenters. The highest BCUT2D eigenvalue weighted by Crippen LogP contribution is 2.36. The van der Waals surface area contributed by atoms with Crippen molar-refractivity contribution >= 4 is 33.7 Å². The van der Waals surface area contributed by atoms with Crippen molar-refractivity contribution in [2.45, 2.75) is 129 Å². The van der Waals surface area contributed by atoms with Crippen molar-refractivity contribution in [3.05, 3.63) is 72.3 Å². The van der Waals surface area contributed by atoms with Gasteiger partial charge in [0.25, 0.3) is 0 Å². The fourth-order valence-corrected chi connectivity index (χ4v) is 9.46. The standard InChI is InChI=1S/2C23H30N6O/c1-14-13-24-18-10-20(30)16(9-19(18)25-14)17-7-8-21(27-26-17)29(6)15-11-22(2,3)28-23(4,5)12-15;1-14-13-24-18-9-16(20(30)10-19(18)25-14)17-7-8-21(27-26-17)29(6)15-11-22(2,3)28-23(4,5)12-15/h2*7-10,13,15,28,30H,11-12H2,1-6H3. The monoisotopic (exact) mass is 812 g/mol. The van der Waals surface area contributed by atoms with Crippen molar-refractivity contribution in [3.8, 4) is 34.0 Å². The second-order valence-electron chi connectivity index (χ2n) is 19.4. The van der Waals surface area contributed by atoms with E-state index < -0.39 is 0 Å². The summed E-state index contributed by atoms with van der Waals surface area (Å²) in [5.41, 5.74) is 7.07. The number of anilines is 2. The average molecular weight is 813 g/mol. The van der Waals surface area contributed by atoms with E-state index in [2.05, 4.69) is 130 Å². The van der Waals surface area contributed by atoms with Crippen LogP contribution in [0, 0.1) is 13.8 Å². The SMILES string of the molecule is Cc1cnc2cc(-c3ccc(N(C)C4CC(C)(C)NC(C)(C)C4)nn3)c(O)cc2n1.Cc1cnc2cc(O)c(-c3ccc(N(C)C4CC(C)(C)NC(C)(C)C4)nn3)cc2n1. The van der Waals surface area contributed by atoms with Gasteiger partial charge in [0, 0.05) is 84.0 Å². The first-order valence-corrected chi connectivity index (χ1v) is 20.7. The van der Waals surface area contributed by atoms with Crippen molar-refractivity contribution in [3.63, 3.8) is 0 Å². The Morgan fingerprint density at radius 3 is 1.25 bits per heavy atom. The van der Waals surface area contributed by atoms with Crippen molar-refractivity contribution in [2.24, 2.45) is 0 Å². The molecule has 6 aromatic rings. The van der Waals surface area contributed by atoms with Gasteiger partial charge >= 0.3 is 0 Å². The summed E-state index contributed by atoms with van der Waals surface area (Å²) < 4.78 is 0. The van der Waals surface area contributed by atoms with Crippen LogP contribution in [-0.2, 0) is 0 Å². The van der Waals surface area contributed by atoms with Crippen LogP contribution in [0.3, 0.4) is 0 Å². The Hall–Kier alpha value is -5.60. The van der Waals surface area contributed by atoms with E-state index in [1.165, 1.54) is 0 Å². The van der Waals surface area contributed by atoms with Gasteiger partial charge in [0.05, 0.1) is 44.8 Å². The number of nitrogens with one attached hydrogen (secondary N) is 2. The number of phenolic OH excluding ortho intramolecular Hbond substituents is 2. The van der Waals surface area contributed by atoms with Crippen LogP contribution in [0.4, 0.5) is 11.6 Å². The molecule has 0 aliphatic carbocycles. The fourth-order valence-electron chi connectivity index (χ4n) is 9.46. The lowest BCUT2D eigenvalue weighted by molar-refractivity contribution is 0.160. The van der Waals surface area contributed by atoms with Gasteiger partial charge in [0.1, 0.15) is 11.5 Å². The number of aromatic hydroxyl groups is 2. The van der Waals surface area contributed by atoms with Gasteiger partial charge in [-0.1, -0.05) is 0 Å². The quantitative estimate of drug-likeness (QED) is 0.129. The molecule has 316 valence electrons. The van der Waals surface area contributed by atoms with Crippen LogP contribution in [0.1, 0.15) is 92.5 Å². The Labute approximate surface area is 353 Å². The first-order valence-electron chi connectivity index (χ1n) is 20.7. The molecule has 4 N–H and O–H groups in total. The van der Waals surface area contributed by atoms with Gasteiger partial charge in [0.2, 0.25) is 0 Å². The number of hydrogen-bond donors (Lipinski definition) is 4. The molecule has 14 heteroatoms. The maximum atomic E-state index is 10.5. The molecule has 0 amide bonds. The summed E-state index contributed by atoms with van der Waals surface area (Å²) in [6.07, 6.45) is 7.52. The molecule has 0 bridgehead atoms. The molecule has 14 nitrogen and oxygen atoms in total. The lowest BCUT2D eigenvalue weighted by Gasteiger charge is -2.49. The number of rotatable bonds is 6. The third kappa shape index (κ3) is 9.55. The summed E-state index contributed by atoms with van der Waals surface area (Å²) in [7, 11) is 4.16. The van der Waals surface area contributed by atoms with E-state index >= 15 is 0 Å². The minimum absolute atomic E-state index is 0.0596. The summed E-state index contributed by atoms with van der Waals surface area (Å²) in [5.74, 6) is 1.90. The number of aryl methyl sites for hydroxylation is 2. The molecule has 0 radical (unpaired) electrons. The van der Waals surface area contributed by atoms with Crippen molar-refractivity contribution in [2.75, 3.05) is 23.9 Å². The third-order valence-electron chi connectivity index (χ3n) is 11.6. The highest BCUT2D eigenvalue weighted by atomic mass is 16.3. The van der Waals surface area contributed by atoms with E-state index in [0.29, 0.717) is 45.6 Å². The smallest absolute Gasteiger partial charge is 0.151 e. The largest absolute Gasteiger partial charge is 0.507 e. The van der Waals surface area contributed by atoms with Gasteiger partial charge in [0.15, 0.2) is 11.6 Å². The van der Waals surface area contributed by atoms with Gasteiger partial charge in [-0.15, -0.1) is 20.4 Å². The zero-order chi connectivity index (χ0) is 43.4. The van der Waals surface area contributed by atoms with Crippen LogP contribution in [0.15, 0.2) is 60.9 Å². The van der Waals surface area contributed by atoms with Gasteiger partial charge in [-0.05, 0) is 131 Å². The molecule has 8 rings (SSSR count). The number of benzene rings is 2. The van der Waals surface area contributed by atoms with E-state index in [4.69, 9.17) is 0 Å². The number of hydrogen-bond acceptors (Lipinski definition) is 14. The molecular weight excluding hydrogens is 753 g/mol. The molecule has 2 fully saturated rings. The van der Waals surface area contributed by atoms with E-state index in [-0.39, 0.29) is 33.7 Å². The van der Waals surface area contributed by atoms with Crippen molar-refractivity contribution in [1.29, 1.82) is 0 Å². The Morgan fingerprint density at radius 1 is 0.517 bits per heavy atom. The summed E-state index contributed by atoms with van der Waals surface area (Å²) in [5, 5.41) is 46.2. The first-order chi connectivity index (χ1) is 28.1. The highest BCUT2D eigenvalue weighted by molar-refractivity contribution is 5.85. The van der Waals surface area contributed by atoms with Crippen LogP contribution in [0.25, 0.3) is 44.6 Å². The second-order valence-corrected chi connectivity index (χ2v) is 19.4. The van der Waals surface area contributed by atoms with Crippen LogP contribution >= 0.6 is 0 Å². The molecule has 4 aromatic heterocycles. The zero-order valence-electron chi connectivity index (χ0n) is 37.1. The van der Waals surface area contributed by atoms with Crippen LogP contribution in [0.2, 0.25) is 0 Å². The first kappa shape index (κ1) is 42.5. The minimum Gasteiger partial charge on any atom is -0.507 e. The summed E-state index contributed by atoms with van der Waals surface area (Å²) in [6.45, 7) is 21.7. The maximum Gasteiger partial charge on any atom is 0.151 e. The van der Waals surface area contributed by atoms with Crippen LogP contribution < -0.4 is 20.4 Å². The Bertz CT molecular complexity index is 2470. The molecule has 6 heterocycles. The van der Waals surface area contributed by atoms with E-state index in [1.807, 2.05) is 50.2 Å². The fraction of sp³-hybridized carbons (Fsp3) is 0.478. The second kappa shape index (κ2) is 15.8. The Morgan fingerprint density at radius 2 is 0.867 bits per heavy atom. The topological polar surface area (TPSA) is 174 Å². The molecule has 2 saturated heterocycles. The predicted octanol–water partition coefficient (Wildman–Crippen LogP) is 7.69. The maximum absolute atomic E-state index is 10.5. The number of phenols is 2. The molecule has 2 aliphatic rings. The molecular formula is C46H60N12O2. The predicted molar refractivity (Wildman–Crippen MR) is 239 cm³/mol. The van der Waals surface area contributed by atoms with Crippen LogP contribution in [-0.4, -0.2) is 98.9 Å². The van der Waals surface area contributed by atoms with Gasteiger partial charge in [-0.2, -0.15) is 0 Å². The molecule has 60 heavy (non-hydrogen) atoms. The molecule has 2 aliphatic heterocycles. The van der Waals surface area contributed by atoms with Gasteiger partial charge < -0.3 is 30.6 Å². The number of fused-ring (bicyclic) bond motifs is 2. The van der Waals surface area contributed by atoms with E-state index in [0.717, 1.165) is 59.7 Å². The van der Waals surface area contributed by atoms with Crippen LogP contribution in [0.5, 0.6) is 11.5 Å². The highest BCUT2D eigenvalue weighted by Gasteiger charge is 2.41. The normalized spacial score (nSPS) is 18.5. The summed E-state index contributed by atoms with van der Waals surface area (Å²) in [4.78, 5) is 22.1. The Balaban J connectivity index is 0.000000181. The molecule has 0 saturated carbocycles. The van der Waals surface area contributed by atoms with E-state index in [1.54, 1.807) is 24.5 Å². The van der Waals surface area contributed by atoms with Gasteiger partial charge in [-0.3, -0.25) is 9.97 Å². The lowest BCUT2D eigenvalue weighted by Crippen LogP contribution is -2.62. The number of nitrogens with zero attached hydrogens (tertiary/aromatic N) is 10. The number of aromatic nitrogens is 8. The number of piperidine rings is 2. The van der Waals surface area contributed by atoms with Crippen molar-refractivity contribution in [1.82, 2.24) is 51.0 Å². The summed E-state index contributed by atoms with van der Waals surface area (Å²) in [6, 6.07) is 15.3. The zero-order valence-corrected chi connectivity index (χ0v) is 37.1. The van der Waals surface area contributed by atoms with Gasteiger partial charge in [-0.25, -0.2) is 9.97 Å². The molecule has 2 aromatic carbocycles. The third-order valence-corrected chi connectivity index (χ3v) is 11.6. The summed E-state index contributed by atoms with van der Waals surface area (Å²) >= 11 is 0. The van der Waals surface area contributed by atoms with Crippen molar-refractivity contribution < 1.29 is 10.2 Å². The molecule has 0 unspecified atom stereocenters. The lowest BCUT2D eigenvalue weighted by atomic mass is 9.79. The molecule has 0 spiro atoms. The average Bonchev–Trinajstić information content (AvgIpc) is 3.15.